The number of hydrogen-bond donors (Lipinski definition) is 1. The molecule has 0 bridgehead atoms. The fraction of sp³-hybridized carbons (Fsp3) is 0.200. The van der Waals surface area contributed by atoms with Crippen molar-refractivity contribution in [2.75, 3.05) is 0 Å². The van der Waals surface area contributed by atoms with Crippen molar-refractivity contribution in [2.45, 2.75) is 25.8 Å². The van der Waals surface area contributed by atoms with E-state index in [1.807, 2.05) is 0 Å². The standard InChI is InChI=1S/C20H17F3N2O/c1-13(2)20(22,23)14(3)25-19(26)18-10-9-16(12-24-18)8-7-15-5-4-6-17(21)11-15/h4-6,9-12,14H,1H2,2-3H3,(H,25,26)/t14-/m1/s1. The highest BCUT2D eigenvalue weighted by Crippen LogP contribution is 2.26. The molecule has 1 heterocycles. The van der Waals surface area contributed by atoms with Gasteiger partial charge in [-0.15, -0.1) is 0 Å². The highest BCUT2D eigenvalue weighted by atomic mass is 19.3. The first-order chi connectivity index (χ1) is 12.2. The lowest BCUT2D eigenvalue weighted by Gasteiger charge is -2.24. The van der Waals surface area contributed by atoms with Gasteiger partial charge in [0.05, 0.1) is 6.04 Å². The summed E-state index contributed by atoms with van der Waals surface area (Å²) in [5, 5.41) is 2.21. The maximum atomic E-state index is 13.8. The molecule has 0 spiro atoms. The Hall–Kier alpha value is -3.07. The van der Waals surface area contributed by atoms with E-state index in [9.17, 15) is 18.0 Å². The number of nitrogens with zero attached hydrogens (tertiary/aromatic N) is 1. The van der Waals surface area contributed by atoms with Crippen molar-refractivity contribution >= 4 is 5.91 Å². The largest absolute Gasteiger partial charge is 0.342 e. The second-order valence-corrected chi connectivity index (χ2v) is 5.79. The summed E-state index contributed by atoms with van der Waals surface area (Å²) in [5.41, 5.74) is 0.667. The molecule has 0 aliphatic carbocycles. The molecule has 1 amide bonds. The normalized spacial score (nSPS) is 11.9. The smallest absolute Gasteiger partial charge is 0.288 e. The average Bonchev–Trinajstić information content (AvgIpc) is 2.60. The lowest BCUT2D eigenvalue weighted by molar-refractivity contribution is 0.00730. The van der Waals surface area contributed by atoms with Gasteiger partial charge in [-0.1, -0.05) is 24.5 Å². The quantitative estimate of drug-likeness (QED) is 0.664. The Kier molecular flexibility index (Phi) is 5.83. The van der Waals surface area contributed by atoms with Crippen molar-refractivity contribution in [3.05, 3.63) is 77.4 Å². The monoisotopic (exact) mass is 358 g/mol. The molecular weight excluding hydrogens is 341 g/mol. The van der Waals surface area contributed by atoms with E-state index in [0.29, 0.717) is 11.1 Å². The van der Waals surface area contributed by atoms with Gasteiger partial charge in [0.1, 0.15) is 11.5 Å². The summed E-state index contributed by atoms with van der Waals surface area (Å²) in [7, 11) is 0. The molecule has 1 aromatic carbocycles. The highest BCUT2D eigenvalue weighted by molar-refractivity contribution is 5.92. The van der Waals surface area contributed by atoms with E-state index in [1.54, 1.807) is 12.1 Å². The van der Waals surface area contributed by atoms with Gasteiger partial charge >= 0.3 is 0 Å². The summed E-state index contributed by atoms with van der Waals surface area (Å²) in [4.78, 5) is 16.0. The molecule has 1 aromatic heterocycles. The van der Waals surface area contributed by atoms with Gasteiger partial charge in [-0.05, 0) is 49.8 Å². The molecule has 26 heavy (non-hydrogen) atoms. The zero-order chi connectivity index (χ0) is 19.3. The molecule has 6 heteroatoms. The van der Waals surface area contributed by atoms with Gasteiger partial charge in [0.15, 0.2) is 0 Å². The molecule has 0 aliphatic heterocycles. The Labute approximate surface area is 150 Å². The molecule has 0 radical (unpaired) electrons. The topological polar surface area (TPSA) is 42.0 Å². The Balaban J connectivity index is 2.08. The minimum absolute atomic E-state index is 0.00864. The summed E-state index contributed by atoms with van der Waals surface area (Å²) in [6, 6.07) is 7.33. The Morgan fingerprint density at radius 3 is 2.50 bits per heavy atom. The van der Waals surface area contributed by atoms with Crippen LogP contribution >= 0.6 is 0 Å². The Morgan fingerprint density at radius 1 is 1.23 bits per heavy atom. The van der Waals surface area contributed by atoms with Crippen LogP contribution in [-0.4, -0.2) is 22.9 Å². The fourth-order valence-corrected chi connectivity index (χ4v) is 2.04. The number of nitrogens with one attached hydrogen (secondary N) is 1. The number of amides is 1. The van der Waals surface area contributed by atoms with Crippen LogP contribution in [0.25, 0.3) is 0 Å². The number of carbonyl (C=O) groups excluding carboxylic acids is 1. The molecule has 3 nitrogen and oxygen atoms in total. The third kappa shape index (κ3) is 4.73. The molecule has 0 unspecified atom stereocenters. The van der Waals surface area contributed by atoms with Gasteiger partial charge in [-0.3, -0.25) is 4.79 Å². The number of rotatable bonds is 4. The number of benzene rings is 1. The van der Waals surface area contributed by atoms with Gasteiger partial charge in [-0.25, -0.2) is 9.37 Å². The van der Waals surface area contributed by atoms with E-state index < -0.39 is 17.9 Å². The van der Waals surface area contributed by atoms with Crippen LogP contribution in [0.5, 0.6) is 0 Å². The number of alkyl halides is 2. The van der Waals surface area contributed by atoms with E-state index in [2.05, 4.69) is 28.7 Å². The maximum absolute atomic E-state index is 13.8. The van der Waals surface area contributed by atoms with Crippen LogP contribution in [-0.2, 0) is 0 Å². The maximum Gasteiger partial charge on any atom is 0.288 e. The molecule has 0 saturated carbocycles. The third-order valence-electron chi connectivity index (χ3n) is 3.63. The molecule has 0 fully saturated rings. The van der Waals surface area contributed by atoms with Gasteiger partial charge < -0.3 is 5.32 Å². The summed E-state index contributed by atoms with van der Waals surface area (Å²) < 4.78 is 40.7. The Morgan fingerprint density at radius 2 is 1.92 bits per heavy atom. The van der Waals surface area contributed by atoms with Crippen molar-refractivity contribution in [1.29, 1.82) is 0 Å². The summed E-state index contributed by atoms with van der Waals surface area (Å²) in [6.07, 6.45) is 1.35. The predicted octanol–water partition coefficient (Wildman–Crippen LogP) is 3.95. The average molecular weight is 358 g/mol. The molecule has 1 atom stereocenters. The minimum Gasteiger partial charge on any atom is -0.342 e. The Bertz CT molecular complexity index is 880. The highest BCUT2D eigenvalue weighted by Gasteiger charge is 2.38. The van der Waals surface area contributed by atoms with E-state index in [1.165, 1.54) is 44.3 Å². The second kappa shape index (κ2) is 7.87. The number of aromatic nitrogens is 1. The third-order valence-corrected chi connectivity index (χ3v) is 3.63. The van der Waals surface area contributed by atoms with Crippen LogP contribution in [0.15, 0.2) is 54.7 Å². The zero-order valence-electron chi connectivity index (χ0n) is 14.3. The fourth-order valence-electron chi connectivity index (χ4n) is 2.04. The molecule has 2 aromatic rings. The van der Waals surface area contributed by atoms with Gasteiger partial charge in [0.2, 0.25) is 0 Å². The molecule has 2 rings (SSSR count). The van der Waals surface area contributed by atoms with Crippen molar-refractivity contribution in [2.24, 2.45) is 0 Å². The molecule has 134 valence electrons. The van der Waals surface area contributed by atoms with E-state index in [0.717, 1.165) is 0 Å². The van der Waals surface area contributed by atoms with Crippen LogP contribution in [0.1, 0.15) is 35.5 Å². The number of halogens is 3. The van der Waals surface area contributed by atoms with Crippen molar-refractivity contribution in [1.82, 2.24) is 10.3 Å². The predicted molar refractivity (Wildman–Crippen MR) is 93.3 cm³/mol. The van der Waals surface area contributed by atoms with Gasteiger partial charge in [0, 0.05) is 17.3 Å². The van der Waals surface area contributed by atoms with Crippen LogP contribution in [0, 0.1) is 17.7 Å². The molecular formula is C20H17F3N2O. The van der Waals surface area contributed by atoms with Crippen LogP contribution in [0.2, 0.25) is 0 Å². The number of carbonyl (C=O) groups is 1. The molecule has 0 aliphatic rings. The zero-order valence-corrected chi connectivity index (χ0v) is 14.3. The van der Waals surface area contributed by atoms with Crippen LogP contribution in [0.4, 0.5) is 13.2 Å². The first kappa shape index (κ1) is 19.3. The second-order valence-electron chi connectivity index (χ2n) is 5.79. The minimum atomic E-state index is -3.22. The van der Waals surface area contributed by atoms with Crippen LogP contribution in [0.3, 0.4) is 0 Å². The van der Waals surface area contributed by atoms with Gasteiger partial charge in [-0.2, -0.15) is 8.78 Å². The summed E-state index contributed by atoms with van der Waals surface area (Å²) in [5.74, 6) is 1.25. The number of hydrogen-bond acceptors (Lipinski definition) is 2. The number of pyridine rings is 1. The van der Waals surface area contributed by atoms with E-state index >= 15 is 0 Å². The molecule has 0 saturated heterocycles. The lowest BCUT2D eigenvalue weighted by atomic mass is 10.1. The van der Waals surface area contributed by atoms with E-state index in [-0.39, 0.29) is 17.1 Å². The lowest BCUT2D eigenvalue weighted by Crippen LogP contribution is -2.46. The van der Waals surface area contributed by atoms with Crippen molar-refractivity contribution in [3.8, 4) is 11.8 Å². The first-order valence-electron chi connectivity index (χ1n) is 7.78. The van der Waals surface area contributed by atoms with Crippen molar-refractivity contribution in [3.63, 3.8) is 0 Å². The van der Waals surface area contributed by atoms with Gasteiger partial charge in [0.25, 0.3) is 11.8 Å². The van der Waals surface area contributed by atoms with E-state index in [4.69, 9.17) is 0 Å². The summed E-state index contributed by atoms with van der Waals surface area (Å²) in [6.45, 7) is 5.64. The molecule has 1 N–H and O–H groups in total. The first-order valence-corrected chi connectivity index (χ1v) is 7.78. The van der Waals surface area contributed by atoms with Crippen LogP contribution < -0.4 is 5.32 Å². The summed E-state index contributed by atoms with van der Waals surface area (Å²) >= 11 is 0. The SMILES string of the molecule is C=C(C)C(F)(F)[C@@H](C)NC(=O)c1ccc(C#Cc2cccc(F)c2)cn1. The van der Waals surface area contributed by atoms with Crippen molar-refractivity contribution < 1.29 is 18.0 Å².